The van der Waals surface area contributed by atoms with Crippen molar-refractivity contribution in [2.75, 3.05) is 13.2 Å². The lowest BCUT2D eigenvalue weighted by Gasteiger charge is -2.14. The number of aromatic amines is 2. The lowest BCUT2D eigenvalue weighted by atomic mass is 10.1. The Balaban J connectivity index is 0.000000220. The molecular weight excluding hydrogens is 302 g/mol. The topological polar surface area (TPSA) is 113 Å². The van der Waals surface area contributed by atoms with E-state index >= 15 is 0 Å². The van der Waals surface area contributed by atoms with Crippen LogP contribution in [0.4, 0.5) is 0 Å². The zero-order valence-corrected chi connectivity index (χ0v) is 12.3. The summed E-state index contributed by atoms with van der Waals surface area (Å²) in [7, 11) is 0. The molecule has 23 heavy (non-hydrogen) atoms. The predicted molar refractivity (Wildman–Crippen MR) is 81.5 cm³/mol. The molecule has 0 bridgehead atoms. The van der Waals surface area contributed by atoms with E-state index in [1.54, 1.807) is 0 Å². The van der Waals surface area contributed by atoms with Gasteiger partial charge in [-0.05, 0) is 6.42 Å². The van der Waals surface area contributed by atoms with Gasteiger partial charge in [0.2, 0.25) is 0 Å². The Kier molecular flexibility index (Phi) is 4.54. The summed E-state index contributed by atoms with van der Waals surface area (Å²) in [5.74, 6) is 0. The minimum Gasteiger partial charge on any atom is -0.373 e. The lowest BCUT2D eigenvalue weighted by molar-refractivity contribution is 0.272. The molecule has 8 heteroatoms. The Morgan fingerprint density at radius 2 is 1.43 bits per heavy atom. The highest BCUT2D eigenvalue weighted by Gasteiger charge is 2.40. The number of nitrogens with zero attached hydrogens (tertiary/aromatic N) is 1. The van der Waals surface area contributed by atoms with Crippen LogP contribution in [0.5, 0.6) is 0 Å². The minimum atomic E-state index is -0.797. The van der Waals surface area contributed by atoms with E-state index in [0.29, 0.717) is 19.6 Å². The van der Waals surface area contributed by atoms with E-state index in [1.165, 1.54) is 0 Å². The van der Waals surface area contributed by atoms with Crippen LogP contribution in [0.25, 0.3) is 0 Å². The van der Waals surface area contributed by atoms with Crippen molar-refractivity contribution in [2.45, 2.75) is 24.7 Å². The van der Waals surface area contributed by atoms with Crippen molar-refractivity contribution in [2.24, 2.45) is 0 Å². The van der Waals surface area contributed by atoms with Gasteiger partial charge in [-0.15, -0.1) is 0 Å². The first kappa shape index (κ1) is 15.4. The van der Waals surface area contributed by atoms with Crippen molar-refractivity contribution in [1.82, 2.24) is 14.5 Å². The third-order valence-corrected chi connectivity index (χ3v) is 3.57. The number of H-pyrrole nitrogens is 2. The van der Waals surface area contributed by atoms with Gasteiger partial charge < -0.3 is 9.47 Å². The van der Waals surface area contributed by atoms with Gasteiger partial charge in [0.25, 0.3) is 0 Å². The number of epoxide rings is 2. The standard InChI is InChI=1S/C9H11N3O5.C6H6/c13-7-10-8(14)12(9(15)11-7)5(6-3-17-6)1-4-2-16-4;1-2-4-6-5-3-1/h4-6H,1-3H2,(H2,10,11,13,14,15);1-6H. The number of benzene rings is 1. The number of nitrogens with one attached hydrogen (secondary N) is 2. The monoisotopic (exact) mass is 319 g/mol. The van der Waals surface area contributed by atoms with Gasteiger partial charge in [-0.25, -0.2) is 19.0 Å². The summed E-state index contributed by atoms with van der Waals surface area (Å²) in [6, 6.07) is 11.6. The molecule has 2 fully saturated rings. The molecule has 2 N–H and O–H groups in total. The van der Waals surface area contributed by atoms with Crippen molar-refractivity contribution in [1.29, 1.82) is 0 Å². The normalized spacial score (nSPS) is 22.6. The number of hydrogen-bond donors (Lipinski definition) is 2. The molecule has 122 valence electrons. The van der Waals surface area contributed by atoms with E-state index in [4.69, 9.17) is 9.47 Å². The van der Waals surface area contributed by atoms with E-state index in [9.17, 15) is 14.4 Å². The summed E-state index contributed by atoms with van der Waals surface area (Å²) < 4.78 is 11.2. The molecule has 2 aromatic rings. The second-order valence-electron chi connectivity index (χ2n) is 5.34. The first-order chi connectivity index (χ1) is 11.1. The van der Waals surface area contributed by atoms with E-state index in [1.807, 2.05) is 46.4 Å². The lowest BCUT2D eigenvalue weighted by Crippen LogP contribution is -2.46. The molecule has 2 aliphatic heterocycles. The highest BCUT2D eigenvalue weighted by molar-refractivity contribution is 4.99. The smallest absolute Gasteiger partial charge is 0.334 e. The Morgan fingerprint density at radius 1 is 0.957 bits per heavy atom. The highest BCUT2D eigenvalue weighted by Crippen LogP contribution is 2.30. The van der Waals surface area contributed by atoms with Crippen LogP contribution in [-0.2, 0) is 9.47 Å². The van der Waals surface area contributed by atoms with Gasteiger partial charge in [-0.3, -0.25) is 9.97 Å². The average molecular weight is 319 g/mol. The van der Waals surface area contributed by atoms with Gasteiger partial charge in [-0.1, -0.05) is 36.4 Å². The Morgan fingerprint density at radius 3 is 1.83 bits per heavy atom. The van der Waals surface area contributed by atoms with Crippen molar-refractivity contribution in [3.05, 3.63) is 67.9 Å². The van der Waals surface area contributed by atoms with Gasteiger partial charge in [-0.2, -0.15) is 0 Å². The molecule has 3 heterocycles. The Bertz CT molecular complexity index is 741. The fourth-order valence-electron chi connectivity index (χ4n) is 2.30. The predicted octanol–water partition coefficient (Wildman–Crippen LogP) is -0.360. The number of rotatable bonds is 4. The third kappa shape index (κ3) is 4.27. The van der Waals surface area contributed by atoms with Crippen LogP contribution in [-0.4, -0.2) is 40.0 Å². The third-order valence-electron chi connectivity index (χ3n) is 3.57. The molecule has 4 rings (SSSR count). The van der Waals surface area contributed by atoms with E-state index in [0.717, 1.165) is 4.57 Å². The van der Waals surface area contributed by atoms with Gasteiger partial charge in [0.1, 0.15) is 6.10 Å². The van der Waals surface area contributed by atoms with Crippen LogP contribution in [0.3, 0.4) is 0 Å². The molecule has 0 radical (unpaired) electrons. The molecule has 1 aromatic heterocycles. The second-order valence-corrected chi connectivity index (χ2v) is 5.34. The van der Waals surface area contributed by atoms with Crippen LogP contribution in [0.1, 0.15) is 12.5 Å². The highest BCUT2D eigenvalue weighted by atomic mass is 16.6. The van der Waals surface area contributed by atoms with Crippen LogP contribution < -0.4 is 17.1 Å². The molecule has 3 atom stereocenters. The molecule has 2 saturated heterocycles. The van der Waals surface area contributed by atoms with Crippen molar-refractivity contribution in [3.63, 3.8) is 0 Å². The first-order valence-electron chi connectivity index (χ1n) is 7.33. The Labute approximate surface area is 130 Å². The molecule has 0 amide bonds. The average Bonchev–Trinajstić information content (AvgIpc) is 3.41. The largest absolute Gasteiger partial charge is 0.373 e. The summed E-state index contributed by atoms with van der Waals surface area (Å²) in [6.45, 7) is 1.15. The number of hydrogen-bond acceptors (Lipinski definition) is 5. The van der Waals surface area contributed by atoms with Crippen LogP contribution >= 0.6 is 0 Å². The van der Waals surface area contributed by atoms with Crippen LogP contribution in [0.15, 0.2) is 50.8 Å². The second kappa shape index (κ2) is 6.76. The first-order valence-corrected chi connectivity index (χ1v) is 7.33. The molecule has 3 unspecified atom stereocenters. The van der Waals surface area contributed by atoms with Gasteiger partial charge >= 0.3 is 17.1 Å². The molecule has 8 nitrogen and oxygen atoms in total. The summed E-state index contributed by atoms with van der Waals surface area (Å²) >= 11 is 0. The number of aromatic nitrogens is 3. The van der Waals surface area contributed by atoms with Crippen molar-refractivity contribution < 1.29 is 9.47 Å². The summed E-state index contributed by atoms with van der Waals surface area (Å²) in [5.41, 5.74) is -2.21. The molecule has 0 spiro atoms. The van der Waals surface area contributed by atoms with Crippen LogP contribution in [0.2, 0.25) is 0 Å². The Hall–Kier alpha value is -2.45. The van der Waals surface area contributed by atoms with Crippen molar-refractivity contribution >= 4 is 0 Å². The van der Waals surface area contributed by atoms with Gasteiger partial charge in [0.15, 0.2) is 0 Å². The number of ether oxygens (including phenoxy) is 2. The molecule has 1 aromatic carbocycles. The quantitative estimate of drug-likeness (QED) is 0.747. The maximum absolute atomic E-state index is 11.6. The van der Waals surface area contributed by atoms with Gasteiger partial charge in [0.05, 0.1) is 25.4 Å². The SMILES string of the molecule is O=c1[nH]c(=O)n(C(CC2CO2)C2CO2)c(=O)[nH]1.c1ccccc1. The fraction of sp³-hybridized carbons (Fsp3) is 0.400. The summed E-state index contributed by atoms with van der Waals surface area (Å²) in [5, 5.41) is 0. The molecule has 2 aliphatic rings. The maximum Gasteiger partial charge on any atom is 0.334 e. The van der Waals surface area contributed by atoms with E-state index in [-0.39, 0.29) is 18.2 Å². The van der Waals surface area contributed by atoms with Crippen LogP contribution in [0, 0.1) is 0 Å². The van der Waals surface area contributed by atoms with Gasteiger partial charge in [0, 0.05) is 0 Å². The van der Waals surface area contributed by atoms with E-state index < -0.39 is 17.1 Å². The van der Waals surface area contributed by atoms with E-state index in [2.05, 4.69) is 0 Å². The molecule has 0 aliphatic carbocycles. The minimum absolute atomic E-state index is 0.0717. The summed E-state index contributed by atoms with van der Waals surface area (Å²) in [4.78, 5) is 38.3. The zero-order valence-electron chi connectivity index (χ0n) is 12.3. The fourth-order valence-corrected chi connectivity index (χ4v) is 2.30. The molecular formula is C15H17N3O5. The summed E-state index contributed by atoms with van der Waals surface area (Å²) in [6.07, 6.45) is 0.464. The molecule has 0 saturated carbocycles. The zero-order chi connectivity index (χ0) is 16.2. The van der Waals surface area contributed by atoms with Crippen molar-refractivity contribution in [3.8, 4) is 0 Å². The maximum atomic E-state index is 11.6.